The standard InChI is InChI=1S/C16H17FN6O/c1-9(2)23-16(19-15(22-23)8-14(18)24)13-7-12(20-21-13)10-5-3-4-6-11(10)17/h3-7,9H,8H2,1-2H3,(H2,18,24)(H,20,21). The lowest BCUT2D eigenvalue weighted by molar-refractivity contribution is -0.117. The zero-order valence-electron chi connectivity index (χ0n) is 13.3. The highest BCUT2D eigenvalue weighted by atomic mass is 19.1. The third kappa shape index (κ3) is 3.03. The van der Waals surface area contributed by atoms with Crippen LogP contribution in [0.3, 0.4) is 0 Å². The number of halogens is 1. The highest BCUT2D eigenvalue weighted by Gasteiger charge is 2.18. The summed E-state index contributed by atoms with van der Waals surface area (Å²) in [4.78, 5) is 15.5. The fraction of sp³-hybridized carbons (Fsp3) is 0.250. The Kier molecular flexibility index (Phi) is 4.11. The number of H-pyrrole nitrogens is 1. The van der Waals surface area contributed by atoms with Crippen LogP contribution in [0.15, 0.2) is 30.3 Å². The van der Waals surface area contributed by atoms with Crippen molar-refractivity contribution in [2.45, 2.75) is 26.3 Å². The van der Waals surface area contributed by atoms with Gasteiger partial charge in [-0.2, -0.15) is 10.2 Å². The number of carbonyl (C=O) groups is 1. The molecule has 0 radical (unpaired) electrons. The zero-order valence-corrected chi connectivity index (χ0v) is 13.3. The highest BCUT2D eigenvalue weighted by molar-refractivity contribution is 5.75. The van der Waals surface area contributed by atoms with E-state index in [2.05, 4.69) is 20.3 Å². The normalized spacial score (nSPS) is 11.2. The molecule has 124 valence electrons. The summed E-state index contributed by atoms with van der Waals surface area (Å²) < 4.78 is 15.6. The van der Waals surface area contributed by atoms with Crippen molar-refractivity contribution >= 4 is 5.91 Å². The lowest BCUT2D eigenvalue weighted by Crippen LogP contribution is -2.15. The van der Waals surface area contributed by atoms with E-state index < -0.39 is 5.91 Å². The minimum atomic E-state index is -0.501. The summed E-state index contributed by atoms with van der Waals surface area (Å²) in [7, 11) is 0. The molecule has 0 bridgehead atoms. The molecule has 24 heavy (non-hydrogen) atoms. The van der Waals surface area contributed by atoms with Gasteiger partial charge >= 0.3 is 0 Å². The summed E-state index contributed by atoms with van der Waals surface area (Å²) >= 11 is 0. The first-order valence-corrected chi connectivity index (χ1v) is 7.50. The van der Waals surface area contributed by atoms with Crippen LogP contribution in [0.2, 0.25) is 0 Å². The number of rotatable bonds is 5. The molecule has 0 unspecified atom stereocenters. The number of aromatic nitrogens is 5. The van der Waals surface area contributed by atoms with Crippen molar-refractivity contribution in [1.29, 1.82) is 0 Å². The number of carbonyl (C=O) groups excluding carboxylic acids is 1. The van der Waals surface area contributed by atoms with Gasteiger partial charge in [0, 0.05) is 11.6 Å². The lowest BCUT2D eigenvalue weighted by Gasteiger charge is -2.07. The van der Waals surface area contributed by atoms with Gasteiger partial charge in [0.05, 0.1) is 12.1 Å². The van der Waals surface area contributed by atoms with Crippen LogP contribution in [0.4, 0.5) is 4.39 Å². The van der Waals surface area contributed by atoms with E-state index in [1.54, 1.807) is 28.9 Å². The van der Waals surface area contributed by atoms with Gasteiger partial charge in [-0.05, 0) is 32.0 Å². The maximum atomic E-state index is 13.9. The number of nitrogens with zero attached hydrogens (tertiary/aromatic N) is 4. The van der Waals surface area contributed by atoms with Crippen LogP contribution in [-0.4, -0.2) is 30.9 Å². The predicted molar refractivity (Wildman–Crippen MR) is 86.3 cm³/mol. The van der Waals surface area contributed by atoms with Gasteiger partial charge in [0.25, 0.3) is 0 Å². The average Bonchev–Trinajstić information content (AvgIpc) is 3.13. The molecule has 3 N–H and O–H groups in total. The molecular weight excluding hydrogens is 311 g/mol. The van der Waals surface area contributed by atoms with Crippen LogP contribution in [-0.2, 0) is 11.2 Å². The molecule has 0 saturated carbocycles. The Labute approximate surface area is 137 Å². The van der Waals surface area contributed by atoms with Gasteiger partial charge in [0.2, 0.25) is 5.91 Å². The van der Waals surface area contributed by atoms with Crippen LogP contribution in [0.1, 0.15) is 25.7 Å². The van der Waals surface area contributed by atoms with Gasteiger partial charge < -0.3 is 5.73 Å². The fourth-order valence-corrected chi connectivity index (χ4v) is 2.39. The van der Waals surface area contributed by atoms with Crippen molar-refractivity contribution in [1.82, 2.24) is 25.0 Å². The maximum absolute atomic E-state index is 13.9. The molecule has 2 heterocycles. The molecule has 3 rings (SSSR count). The van der Waals surface area contributed by atoms with Crippen LogP contribution in [0, 0.1) is 5.82 Å². The Morgan fingerprint density at radius 3 is 2.79 bits per heavy atom. The van der Waals surface area contributed by atoms with E-state index in [9.17, 15) is 9.18 Å². The molecule has 8 heteroatoms. The van der Waals surface area contributed by atoms with Crippen LogP contribution in [0.25, 0.3) is 22.8 Å². The molecular formula is C16H17FN6O. The lowest BCUT2D eigenvalue weighted by atomic mass is 10.1. The highest BCUT2D eigenvalue weighted by Crippen LogP contribution is 2.26. The molecule has 0 atom stereocenters. The van der Waals surface area contributed by atoms with E-state index in [-0.39, 0.29) is 18.3 Å². The number of hydrogen-bond donors (Lipinski definition) is 2. The fourth-order valence-electron chi connectivity index (χ4n) is 2.39. The molecule has 0 fully saturated rings. The third-order valence-electron chi connectivity index (χ3n) is 3.47. The molecule has 0 aliphatic carbocycles. The minimum Gasteiger partial charge on any atom is -0.369 e. The van der Waals surface area contributed by atoms with Crippen molar-refractivity contribution < 1.29 is 9.18 Å². The molecule has 0 aliphatic heterocycles. The second kappa shape index (κ2) is 6.23. The summed E-state index contributed by atoms with van der Waals surface area (Å²) in [6, 6.07) is 8.13. The number of primary amides is 1. The quantitative estimate of drug-likeness (QED) is 0.748. The maximum Gasteiger partial charge on any atom is 0.225 e. The molecule has 0 saturated heterocycles. The van der Waals surface area contributed by atoms with Gasteiger partial charge in [0.15, 0.2) is 11.6 Å². The average molecular weight is 328 g/mol. The largest absolute Gasteiger partial charge is 0.369 e. The van der Waals surface area contributed by atoms with Crippen molar-refractivity contribution in [3.8, 4) is 22.8 Å². The summed E-state index contributed by atoms with van der Waals surface area (Å²) in [5, 5.41) is 11.3. The van der Waals surface area contributed by atoms with Crippen molar-refractivity contribution in [3.63, 3.8) is 0 Å². The Bertz CT molecular complexity index is 882. The van der Waals surface area contributed by atoms with E-state index in [0.717, 1.165) is 0 Å². The second-order valence-corrected chi connectivity index (χ2v) is 5.68. The van der Waals surface area contributed by atoms with Gasteiger partial charge in [-0.25, -0.2) is 14.1 Å². The Morgan fingerprint density at radius 2 is 2.12 bits per heavy atom. The summed E-state index contributed by atoms with van der Waals surface area (Å²) in [5.74, 6) is 0.0130. The second-order valence-electron chi connectivity index (χ2n) is 5.68. The van der Waals surface area contributed by atoms with Crippen LogP contribution in [0.5, 0.6) is 0 Å². The van der Waals surface area contributed by atoms with E-state index >= 15 is 0 Å². The van der Waals surface area contributed by atoms with Gasteiger partial charge in [0.1, 0.15) is 11.5 Å². The molecule has 1 amide bonds. The minimum absolute atomic E-state index is 0.0225. The summed E-state index contributed by atoms with van der Waals surface area (Å²) in [6.45, 7) is 3.89. The first kappa shape index (κ1) is 15.9. The van der Waals surface area contributed by atoms with Crippen molar-refractivity contribution in [3.05, 3.63) is 42.0 Å². The zero-order chi connectivity index (χ0) is 17.3. The summed E-state index contributed by atoms with van der Waals surface area (Å²) in [6.07, 6.45) is -0.0406. The first-order chi connectivity index (χ1) is 11.5. The smallest absolute Gasteiger partial charge is 0.225 e. The molecule has 0 spiro atoms. The van der Waals surface area contributed by atoms with Gasteiger partial charge in [-0.1, -0.05) is 12.1 Å². The van der Waals surface area contributed by atoms with Crippen molar-refractivity contribution in [2.24, 2.45) is 5.73 Å². The van der Waals surface area contributed by atoms with E-state index in [1.807, 2.05) is 13.8 Å². The Balaban J connectivity index is 2.02. The number of hydrogen-bond acceptors (Lipinski definition) is 4. The Morgan fingerprint density at radius 1 is 1.38 bits per heavy atom. The monoisotopic (exact) mass is 328 g/mol. The number of nitrogens with two attached hydrogens (primary N) is 1. The molecule has 7 nitrogen and oxygen atoms in total. The van der Waals surface area contributed by atoms with Gasteiger partial charge in [-0.15, -0.1) is 0 Å². The molecule has 2 aromatic heterocycles. The van der Waals surface area contributed by atoms with Crippen LogP contribution >= 0.6 is 0 Å². The Hall–Kier alpha value is -3.03. The summed E-state index contributed by atoms with van der Waals surface area (Å²) in [5.41, 5.74) is 6.66. The first-order valence-electron chi connectivity index (χ1n) is 7.50. The third-order valence-corrected chi connectivity index (χ3v) is 3.47. The van der Waals surface area contributed by atoms with E-state index in [4.69, 9.17) is 5.73 Å². The number of aromatic amines is 1. The topological polar surface area (TPSA) is 102 Å². The molecule has 0 aliphatic rings. The van der Waals surface area contributed by atoms with Gasteiger partial charge in [-0.3, -0.25) is 9.89 Å². The number of benzene rings is 1. The van der Waals surface area contributed by atoms with Crippen LogP contribution < -0.4 is 5.73 Å². The molecule has 3 aromatic rings. The van der Waals surface area contributed by atoms with Crippen molar-refractivity contribution in [2.75, 3.05) is 0 Å². The SMILES string of the molecule is CC(C)n1nc(CC(N)=O)nc1-c1cc(-c2ccccc2F)n[nH]1. The number of amides is 1. The number of nitrogens with one attached hydrogen (secondary N) is 1. The van der Waals surface area contributed by atoms with E-state index in [1.165, 1.54) is 6.07 Å². The predicted octanol–water partition coefficient (Wildman–Crippen LogP) is 2.08. The van der Waals surface area contributed by atoms with E-state index in [0.29, 0.717) is 28.6 Å². The molecule has 1 aromatic carbocycles.